The van der Waals surface area contributed by atoms with Gasteiger partial charge in [-0.25, -0.2) is 0 Å². The standard InChI is InChI=1S/C14H14Cl2N2/c1-10(13-7-2-3-8-17-13)18-9-11-5-4-6-12(15)14(11)16/h2-8,10,18H,9H2,1H3/t10-/m1/s1. The largest absolute Gasteiger partial charge is 0.305 e. The smallest absolute Gasteiger partial charge is 0.0637 e. The molecule has 2 aromatic rings. The van der Waals surface area contributed by atoms with Crippen molar-refractivity contribution in [3.63, 3.8) is 0 Å². The molecule has 4 heteroatoms. The Labute approximate surface area is 117 Å². The first-order valence-electron chi connectivity index (χ1n) is 5.75. The van der Waals surface area contributed by atoms with E-state index < -0.39 is 0 Å². The molecule has 0 radical (unpaired) electrons. The molecule has 1 aromatic heterocycles. The molecular weight excluding hydrogens is 267 g/mol. The van der Waals surface area contributed by atoms with Crippen LogP contribution in [-0.4, -0.2) is 4.98 Å². The number of nitrogens with one attached hydrogen (secondary N) is 1. The SMILES string of the molecule is C[C@@H](NCc1cccc(Cl)c1Cl)c1ccccn1. The molecule has 1 heterocycles. The third-order valence-corrected chi connectivity index (χ3v) is 3.62. The van der Waals surface area contributed by atoms with Gasteiger partial charge in [-0.05, 0) is 30.7 Å². The van der Waals surface area contributed by atoms with E-state index in [9.17, 15) is 0 Å². The third kappa shape index (κ3) is 3.22. The predicted octanol–water partition coefficient (Wildman–Crippen LogP) is 4.24. The van der Waals surface area contributed by atoms with Crippen LogP contribution in [0.4, 0.5) is 0 Å². The second-order valence-corrected chi connectivity index (χ2v) is 4.86. The van der Waals surface area contributed by atoms with Crippen LogP contribution in [0.1, 0.15) is 24.2 Å². The quantitative estimate of drug-likeness (QED) is 0.906. The maximum absolute atomic E-state index is 6.14. The van der Waals surface area contributed by atoms with Crippen molar-refractivity contribution in [3.05, 3.63) is 63.9 Å². The average molecular weight is 281 g/mol. The zero-order chi connectivity index (χ0) is 13.0. The second kappa shape index (κ2) is 6.19. The minimum atomic E-state index is 0.168. The zero-order valence-electron chi connectivity index (χ0n) is 10.0. The first-order chi connectivity index (χ1) is 8.68. The zero-order valence-corrected chi connectivity index (χ0v) is 11.5. The minimum absolute atomic E-state index is 0.168. The molecule has 2 rings (SSSR count). The van der Waals surface area contributed by atoms with Gasteiger partial charge in [0.2, 0.25) is 0 Å². The van der Waals surface area contributed by atoms with E-state index >= 15 is 0 Å². The summed E-state index contributed by atoms with van der Waals surface area (Å²) in [5, 5.41) is 4.57. The molecule has 18 heavy (non-hydrogen) atoms. The maximum atomic E-state index is 6.14. The van der Waals surface area contributed by atoms with Crippen LogP contribution in [0, 0.1) is 0 Å². The van der Waals surface area contributed by atoms with E-state index in [1.165, 1.54) is 0 Å². The van der Waals surface area contributed by atoms with Gasteiger partial charge in [0.25, 0.3) is 0 Å². The van der Waals surface area contributed by atoms with Crippen LogP contribution >= 0.6 is 23.2 Å². The average Bonchev–Trinajstić information content (AvgIpc) is 2.41. The van der Waals surface area contributed by atoms with Crippen LogP contribution in [0.2, 0.25) is 10.0 Å². The highest BCUT2D eigenvalue weighted by molar-refractivity contribution is 6.42. The van der Waals surface area contributed by atoms with Gasteiger partial charge < -0.3 is 5.32 Å². The fourth-order valence-corrected chi connectivity index (χ4v) is 2.07. The van der Waals surface area contributed by atoms with Crippen molar-refractivity contribution < 1.29 is 0 Å². The Hall–Kier alpha value is -1.09. The second-order valence-electron chi connectivity index (χ2n) is 4.07. The lowest BCUT2D eigenvalue weighted by Gasteiger charge is -2.14. The first-order valence-corrected chi connectivity index (χ1v) is 6.51. The number of nitrogens with zero attached hydrogens (tertiary/aromatic N) is 1. The normalized spacial score (nSPS) is 12.4. The van der Waals surface area contributed by atoms with Crippen molar-refractivity contribution in [2.75, 3.05) is 0 Å². The Morgan fingerprint density at radius 2 is 2.00 bits per heavy atom. The van der Waals surface area contributed by atoms with E-state index in [0.29, 0.717) is 16.6 Å². The monoisotopic (exact) mass is 280 g/mol. The summed E-state index contributed by atoms with van der Waals surface area (Å²) in [5.41, 5.74) is 2.00. The van der Waals surface area contributed by atoms with Crippen LogP contribution in [0.3, 0.4) is 0 Å². The number of rotatable bonds is 4. The highest BCUT2D eigenvalue weighted by Gasteiger charge is 2.08. The molecule has 0 unspecified atom stereocenters. The lowest BCUT2D eigenvalue weighted by atomic mass is 10.2. The molecule has 0 aliphatic heterocycles. The molecule has 0 spiro atoms. The van der Waals surface area contributed by atoms with Crippen LogP contribution < -0.4 is 5.32 Å². The van der Waals surface area contributed by atoms with Crippen LogP contribution in [0.15, 0.2) is 42.6 Å². The number of pyridine rings is 1. The Kier molecular flexibility index (Phi) is 4.59. The third-order valence-electron chi connectivity index (χ3n) is 2.76. The molecule has 1 aromatic carbocycles. The summed E-state index contributed by atoms with van der Waals surface area (Å²) in [6.45, 7) is 2.73. The lowest BCUT2D eigenvalue weighted by Crippen LogP contribution is -2.19. The highest BCUT2D eigenvalue weighted by atomic mass is 35.5. The summed E-state index contributed by atoms with van der Waals surface area (Å²) in [6, 6.07) is 11.7. The Bertz CT molecular complexity index is 514. The summed E-state index contributed by atoms with van der Waals surface area (Å²) in [6.07, 6.45) is 1.79. The summed E-state index contributed by atoms with van der Waals surface area (Å²) in [5.74, 6) is 0. The molecular formula is C14H14Cl2N2. The van der Waals surface area contributed by atoms with E-state index in [-0.39, 0.29) is 6.04 Å². The van der Waals surface area contributed by atoms with Crippen molar-refractivity contribution in [2.24, 2.45) is 0 Å². The fraction of sp³-hybridized carbons (Fsp3) is 0.214. The van der Waals surface area contributed by atoms with Gasteiger partial charge in [-0.2, -0.15) is 0 Å². The minimum Gasteiger partial charge on any atom is -0.305 e. The van der Waals surface area contributed by atoms with Crippen LogP contribution in [-0.2, 0) is 6.54 Å². The van der Waals surface area contributed by atoms with Crippen molar-refractivity contribution in [1.29, 1.82) is 0 Å². The molecule has 1 atom stereocenters. The number of aromatic nitrogens is 1. The van der Waals surface area contributed by atoms with E-state index in [1.807, 2.05) is 30.3 Å². The molecule has 0 amide bonds. The summed E-state index contributed by atoms with van der Waals surface area (Å²) >= 11 is 12.1. The van der Waals surface area contributed by atoms with E-state index in [0.717, 1.165) is 11.3 Å². The summed E-state index contributed by atoms with van der Waals surface area (Å²) < 4.78 is 0. The van der Waals surface area contributed by atoms with Crippen LogP contribution in [0.25, 0.3) is 0 Å². The van der Waals surface area contributed by atoms with Gasteiger partial charge in [0.15, 0.2) is 0 Å². The van der Waals surface area contributed by atoms with Crippen molar-refractivity contribution in [1.82, 2.24) is 10.3 Å². The van der Waals surface area contributed by atoms with Crippen molar-refractivity contribution in [2.45, 2.75) is 19.5 Å². The maximum Gasteiger partial charge on any atom is 0.0637 e. The Morgan fingerprint density at radius 1 is 1.17 bits per heavy atom. The molecule has 0 saturated carbocycles. The van der Waals surface area contributed by atoms with Gasteiger partial charge in [0.1, 0.15) is 0 Å². The van der Waals surface area contributed by atoms with Crippen molar-refractivity contribution in [3.8, 4) is 0 Å². The van der Waals surface area contributed by atoms with Gasteiger partial charge in [-0.15, -0.1) is 0 Å². The molecule has 0 fully saturated rings. The van der Waals surface area contributed by atoms with E-state index in [2.05, 4.69) is 17.2 Å². The number of halogens is 2. The predicted molar refractivity (Wildman–Crippen MR) is 76.0 cm³/mol. The van der Waals surface area contributed by atoms with Gasteiger partial charge in [0.05, 0.1) is 15.7 Å². The van der Waals surface area contributed by atoms with Gasteiger partial charge in [0, 0.05) is 18.8 Å². The molecule has 0 saturated heterocycles. The van der Waals surface area contributed by atoms with Crippen LogP contribution in [0.5, 0.6) is 0 Å². The number of hydrogen-bond acceptors (Lipinski definition) is 2. The topological polar surface area (TPSA) is 24.9 Å². The Morgan fingerprint density at radius 3 is 2.72 bits per heavy atom. The van der Waals surface area contributed by atoms with Gasteiger partial charge >= 0.3 is 0 Å². The van der Waals surface area contributed by atoms with Gasteiger partial charge in [-0.3, -0.25) is 4.98 Å². The molecule has 0 bridgehead atoms. The van der Waals surface area contributed by atoms with Gasteiger partial charge in [-0.1, -0.05) is 41.4 Å². The molecule has 94 valence electrons. The van der Waals surface area contributed by atoms with E-state index in [4.69, 9.17) is 23.2 Å². The Balaban J connectivity index is 2.02. The van der Waals surface area contributed by atoms with Crippen molar-refractivity contribution >= 4 is 23.2 Å². The molecule has 0 aliphatic rings. The number of hydrogen-bond donors (Lipinski definition) is 1. The van der Waals surface area contributed by atoms with E-state index in [1.54, 1.807) is 12.3 Å². The summed E-state index contributed by atoms with van der Waals surface area (Å²) in [7, 11) is 0. The molecule has 0 aliphatic carbocycles. The molecule has 1 N–H and O–H groups in total. The summed E-state index contributed by atoms with van der Waals surface area (Å²) in [4.78, 5) is 4.31. The first kappa shape index (κ1) is 13.3. The fourth-order valence-electron chi connectivity index (χ4n) is 1.68. The highest BCUT2D eigenvalue weighted by Crippen LogP contribution is 2.25. The lowest BCUT2D eigenvalue weighted by molar-refractivity contribution is 0.561. The number of benzene rings is 1. The molecule has 2 nitrogen and oxygen atoms in total.